The summed E-state index contributed by atoms with van der Waals surface area (Å²) in [5.41, 5.74) is 5.79. The molecule has 1 aromatic carbocycles. The molecule has 5 heteroatoms. The summed E-state index contributed by atoms with van der Waals surface area (Å²) in [6.45, 7) is 1.86. The van der Waals surface area contributed by atoms with Crippen LogP contribution in [-0.2, 0) is 15.1 Å². The molecule has 1 heterocycles. The molecule has 0 spiro atoms. The van der Waals surface area contributed by atoms with E-state index in [1.54, 1.807) is 6.07 Å². The van der Waals surface area contributed by atoms with Crippen LogP contribution in [0, 0.1) is 5.82 Å². The first-order valence-electron chi connectivity index (χ1n) is 8.51. The number of hydrogen-bond acceptors (Lipinski definition) is 3. The lowest BCUT2D eigenvalue weighted by Crippen LogP contribution is -2.49. The van der Waals surface area contributed by atoms with Crippen LogP contribution in [0.3, 0.4) is 0 Å². The lowest BCUT2D eigenvalue weighted by Gasteiger charge is -2.38. The standard InChI is InChI=1S/C18H27FN2O2/c19-16-7-5-6-15(14-16)18(9-12-23-13-10-18)21-17(22)8-3-1-2-4-11-20/h5-7,14H,1-4,8-13,20H2,(H,21,22). The predicted octanol–water partition coefficient (Wildman–Crippen LogP) is 2.86. The number of carbonyl (C=O) groups excluding carboxylic acids is 1. The number of benzene rings is 1. The van der Waals surface area contributed by atoms with Gasteiger partial charge in [-0.1, -0.05) is 25.0 Å². The first-order valence-corrected chi connectivity index (χ1v) is 8.51. The number of halogens is 1. The van der Waals surface area contributed by atoms with Gasteiger partial charge in [-0.25, -0.2) is 4.39 Å². The SMILES string of the molecule is NCCCCCCC(=O)NC1(c2cccc(F)c2)CCOCC1. The van der Waals surface area contributed by atoms with Gasteiger partial charge in [0, 0.05) is 19.6 Å². The van der Waals surface area contributed by atoms with E-state index in [-0.39, 0.29) is 11.7 Å². The highest BCUT2D eigenvalue weighted by molar-refractivity contribution is 5.77. The number of nitrogens with two attached hydrogens (primary N) is 1. The fourth-order valence-electron chi connectivity index (χ4n) is 3.10. The number of amides is 1. The first-order chi connectivity index (χ1) is 11.2. The summed E-state index contributed by atoms with van der Waals surface area (Å²) in [4.78, 5) is 12.3. The highest BCUT2D eigenvalue weighted by Gasteiger charge is 2.35. The van der Waals surface area contributed by atoms with Crippen molar-refractivity contribution in [2.45, 2.75) is 50.5 Å². The van der Waals surface area contributed by atoms with Crippen LogP contribution >= 0.6 is 0 Å². The molecule has 1 aromatic rings. The molecule has 128 valence electrons. The maximum Gasteiger partial charge on any atom is 0.220 e. The maximum absolute atomic E-state index is 13.6. The van der Waals surface area contributed by atoms with Gasteiger partial charge in [0.25, 0.3) is 0 Å². The first kappa shape index (κ1) is 17.9. The van der Waals surface area contributed by atoms with Crippen molar-refractivity contribution in [1.82, 2.24) is 5.32 Å². The third-order valence-electron chi connectivity index (χ3n) is 4.46. The maximum atomic E-state index is 13.6. The summed E-state index contributed by atoms with van der Waals surface area (Å²) >= 11 is 0. The van der Waals surface area contributed by atoms with Crippen molar-refractivity contribution in [3.8, 4) is 0 Å². The van der Waals surface area contributed by atoms with Gasteiger partial charge in [-0.2, -0.15) is 0 Å². The lowest BCUT2D eigenvalue weighted by molar-refractivity contribution is -0.124. The Morgan fingerprint density at radius 2 is 1.96 bits per heavy atom. The third-order valence-corrected chi connectivity index (χ3v) is 4.46. The van der Waals surface area contributed by atoms with Crippen molar-refractivity contribution in [3.05, 3.63) is 35.6 Å². The third kappa shape index (κ3) is 5.29. The zero-order valence-corrected chi connectivity index (χ0v) is 13.7. The molecule has 1 saturated heterocycles. The van der Waals surface area contributed by atoms with Gasteiger partial charge in [0.15, 0.2) is 0 Å². The normalized spacial score (nSPS) is 17.0. The Kier molecular flexibility index (Phi) is 6.99. The molecule has 23 heavy (non-hydrogen) atoms. The summed E-state index contributed by atoms with van der Waals surface area (Å²) in [5, 5.41) is 3.16. The van der Waals surface area contributed by atoms with Crippen LogP contribution < -0.4 is 11.1 Å². The molecule has 1 amide bonds. The largest absolute Gasteiger partial charge is 0.381 e. The molecule has 1 aliphatic rings. The molecule has 0 radical (unpaired) electrons. The molecular formula is C18H27FN2O2. The highest BCUT2D eigenvalue weighted by atomic mass is 19.1. The van der Waals surface area contributed by atoms with Crippen molar-refractivity contribution < 1.29 is 13.9 Å². The smallest absolute Gasteiger partial charge is 0.220 e. The van der Waals surface area contributed by atoms with Crippen molar-refractivity contribution in [3.63, 3.8) is 0 Å². The number of carbonyl (C=O) groups is 1. The van der Waals surface area contributed by atoms with E-state index in [0.29, 0.717) is 39.0 Å². The predicted molar refractivity (Wildman–Crippen MR) is 88.4 cm³/mol. The Morgan fingerprint density at radius 3 is 2.65 bits per heavy atom. The van der Waals surface area contributed by atoms with E-state index in [4.69, 9.17) is 10.5 Å². The average molecular weight is 322 g/mol. The van der Waals surface area contributed by atoms with E-state index in [9.17, 15) is 9.18 Å². The molecule has 2 rings (SSSR count). The second kappa shape index (κ2) is 8.99. The Hall–Kier alpha value is -1.46. The van der Waals surface area contributed by atoms with Crippen LogP contribution in [0.4, 0.5) is 4.39 Å². The highest BCUT2D eigenvalue weighted by Crippen LogP contribution is 2.32. The van der Waals surface area contributed by atoms with E-state index in [0.717, 1.165) is 31.2 Å². The molecule has 0 aromatic heterocycles. The van der Waals surface area contributed by atoms with Crippen molar-refractivity contribution in [1.29, 1.82) is 0 Å². The van der Waals surface area contributed by atoms with Gasteiger partial charge < -0.3 is 15.8 Å². The Balaban J connectivity index is 1.97. The van der Waals surface area contributed by atoms with Crippen molar-refractivity contribution in [2.75, 3.05) is 19.8 Å². The van der Waals surface area contributed by atoms with Crippen LogP contribution in [0.25, 0.3) is 0 Å². The van der Waals surface area contributed by atoms with Crippen molar-refractivity contribution in [2.24, 2.45) is 5.73 Å². The Morgan fingerprint density at radius 1 is 1.22 bits per heavy atom. The fourth-order valence-corrected chi connectivity index (χ4v) is 3.10. The van der Waals surface area contributed by atoms with Crippen LogP contribution in [0.1, 0.15) is 50.5 Å². The summed E-state index contributed by atoms with van der Waals surface area (Å²) in [6, 6.07) is 6.53. The summed E-state index contributed by atoms with van der Waals surface area (Å²) in [7, 11) is 0. The molecule has 0 saturated carbocycles. The van der Waals surface area contributed by atoms with Gasteiger partial charge in [-0.15, -0.1) is 0 Å². The monoisotopic (exact) mass is 322 g/mol. The number of unbranched alkanes of at least 4 members (excludes halogenated alkanes) is 3. The van der Waals surface area contributed by atoms with E-state index in [1.807, 2.05) is 6.07 Å². The second-order valence-electron chi connectivity index (χ2n) is 6.21. The molecule has 1 aliphatic heterocycles. The fraction of sp³-hybridized carbons (Fsp3) is 0.611. The van der Waals surface area contributed by atoms with Gasteiger partial charge >= 0.3 is 0 Å². The quantitative estimate of drug-likeness (QED) is 0.723. The Bertz CT molecular complexity index is 502. The van der Waals surface area contributed by atoms with Crippen molar-refractivity contribution >= 4 is 5.91 Å². The minimum Gasteiger partial charge on any atom is -0.381 e. The zero-order valence-electron chi connectivity index (χ0n) is 13.7. The van der Waals surface area contributed by atoms with Crippen LogP contribution in [0.2, 0.25) is 0 Å². The molecule has 0 aliphatic carbocycles. The van der Waals surface area contributed by atoms with Crippen LogP contribution in [0.5, 0.6) is 0 Å². The topological polar surface area (TPSA) is 64.4 Å². The Labute approximate surface area is 137 Å². The number of rotatable bonds is 8. The molecule has 0 bridgehead atoms. The van der Waals surface area contributed by atoms with Gasteiger partial charge in [0.2, 0.25) is 5.91 Å². The molecule has 0 unspecified atom stereocenters. The zero-order chi connectivity index (χ0) is 16.5. The van der Waals surface area contributed by atoms with E-state index < -0.39 is 5.54 Å². The van der Waals surface area contributed by atoms with Crippen LogP contribution in [0.15, 0.2) is 24.3 Å². The average Bonchev–Trinajstić information content (AvgIpc) is 2.55. The molecule has 0 atom stereocenters. The molecule has 4 nitrogen and oxygen atoms in total. The molecule has 3 N–H and O–H groups in total. The summed E-state index contributed by atoms with van der Waals surface area (Å²) < 4.78 is 19.0. The molecular weight excluding hydrogens is 295 g/mol. The number of hydrogen-bond donors (Lipinski definition) is 2. The molecule has 1 fully saturated rings. The van der Waals surface area contributed by atoms with Crippen LogP contribution in [-0.4, -0.2) is 25.7 Å². The minimum atomic E-state index is -0.505. The summed E-state index contributed by atoms with van der Waals surface area (Å²) in [6.07, 6.45) is 5.80. The van der Waals surface area contributed by atoms with E-state index >= 15 is 0 Å². The van der Waals surface area contributed by atoms with E-state index in [2.05, 4.69) is 5.32 Å². The van der Waals surface area contributed by atoms with Gasteiger partial charge in [-0.3, -0.25) is 4.79 Å². The van der Waals surface area contributed by atoms with Gasteiger partial charge in [0.1, 0.15) is 5.82 Å². The van der Waals surface area contributed by atoms with Gasteiger partial charge in [0.05, 0.1) is 5.54 Å². The lowest BCUT2D eigenvalue weighted by atomic mass is 9.82. The second-order valence-corrected chi connectivity index (χ2v) is 6.21. The van der Waals surface area contributed by atoms with Gasteiger partial charge in [-0.05, 0) is 49.9 Å². The van der Waals surface area contributed by atoms with E-state index in [1.165, 1.54) is 12.1 Å². The number of ether oxygens (including phenoxy) is 1. The number of nitrogens with one attached hydrogen (secondary N) is 1. The summed E-state index contributed by atoms with van der Waals surface area (Å²) in [5.74, 6) is -0.242. The minimum absolute atomic E-state index is 0.0314.